The third kappa shape index (κ3) is 5.96. The quantitative estimate of drug-likeness (QED) is 0.391. The van der Waals surface area contributed by atoms with E-state index in [2.05, 4.69) is 20.8 Å². The Bertz CT molecular complexity index is 1260. The molecule has 4 rings (SSSR count). The molecule has 0 radical (unpaired) electrons. The summed E-state index contributed by atoms with van der Waals surface area (Å²) >= 11 is 5.94. The average Bonchev–Trinajstić information content (AvgIpc) is 2.85. The first kappa shape index (κ1) is 24.7. The van der Waals surface area contributed by atoms with Gasteiger partial charge in [0.2, 0.25) is 5.88 Å². The summed E-state index contributed by atoms with van der Waals surface area (Å²) in [5.74, 6) is -1.86. The molecule has 0 saturated carbocycles. The zero-order valence-corrected chi connectivity index (χ0v) is 19.4. The maximum atomic E-state index is 14.7. The molecule has 1 aliphatic heterocycles. The Labute approximate surface area is 209 Å². The van der Waals surface area contributed by atoms with Crippen LogP contribution in [-0.4, -0.2) is 56.0 Å². The number of carbonyl (C=O) groups is 3. The van der Waals surface area contributed by atoms with E-state index in [0.29, 0.717) is 10.6 Å². The van der Waals surface area contributed by atoms with E-state index >= 15 is 0 Å². The molecule has 186 valence electrons. The SMILES string of the molecule is O=C(O)CCN1C(=O)NC(Nc2ccc(Oc3cccnn3)c(F)c2)N(Cc2ccc(Cl)cc2)C1=O. The summed E-state index contributed by atoms with van der Waals surface area (Å²) in [7, 11) is 0. The highest BCUT2D eigenvalue weighted by Gasteiger charge is 2.38. The van der Waals surface area contributed by atoms with Crippen molar-refractivity contribution < 1.29 is 28.6 Å². The van der Waals surface area contributed by atoms with Crippen LogP contribution in [0.15, 0.2) is 60.8 Å². The van der Waals surface area contributed by atoms with E-state index in [4.69, 9.17) is 21.4 Å². The van der Waals surface area contributed by atoms with Crippen LogP contribution in [0.25, 0.3) is 0 Å². The zero-order chi connectivity index (χ0) is 25.7. The molecule has 0 bridgehead atoms. The molecule has 2 aromatic carbocycles. The number of aromatic nitrogens is 2. The summed E-state index contributed by atoms with van der Waals surface area (Å²) in [5.41, 5.74) is 0.949. The van der Waals surface area contributed by atoms with Crippen molar-refractivity contribution in [1.82, 2.24) is 25.3 Å². The Kier molecular flexibility index (Phi) is 7.44. The summed E-state index contributed by atoms with van der Waals surface area (Å²) in [6.45, 7) is -0.263. The van der Waals surface area contributed by atoms with E-state index in [-0.39, 0.29) is 30.4 Å². The predicted octanol–water partition coefficient (Wildman–Crippen LogP) is 3.88. The topological polar surface area (TPSA) is 137 Å². The number of ether oxygens (including phenoxy) is 1. The van der Waals surface area contributed by atoms with Gasteiger partial charge in [0, 0.05) is 35.6 Å². The average molecular weight is 515 g/mol. The molecule has 2 heterocycles. The zero-order valence-electron chi connectivity index (χ0n) is 18.6. The lowest BCUT2D eigenvalue weighted by atomic mass is 10.2. The van der Waals surface area contributed by atoms with Gasteiger partial charge in [0.25, 0.3) is 0 Å². The smallest absolute Gasteiger partial charge is 0.331 e. The highest BCUT2D eigenvalue weighted by atomic mass is 35.5. The van der Waals surface area contributed by atoms with Crippen molar-refractivity contribution in [2.75, 3.05) is 11.9 Å². The minimum atomic E-state index is -1.15. The number of rotatable bonds is 9. The first-order valence-corrected chi connectivity index (χ1v) is 11.0. The highest BCUT2D eigenvalue weighted by molar-refractivity contribution is 6.30. The third-order valence-corrected chi connectivity index (χ3v) is 5.36. The maximum absolute atomic E-state index is 14.7. The lowest BCUT2D eigenvalue weighted by Crippen LogP contribution is -2.67. The second-order valence-corrected chi connectivity index (χ2v) is 8.07. The van der Waals surface area contributed by atoms with Gasteiger partial charge in [-0.05, 0) is 35.9 Å². The summed E-state index contributed by atoms with van der Waals surface area (Å²) in [5, 5.41) is 22.4. The van der Waals surface area contributed by atoms with Gasteiger partial charge in [0.1, 0.15) is 0 Å². The molecule has 0 aliphatic carbocycles. The fourth-order valence-electron chi connectivity index (χ4n) is 3.37. The van der Waals surface area contributed by atoms with Crippen LogP contribution in [0.3, 0.4) is 0 Å². The molecular formula is C23H20ClFN6O5. The van der Waals surface area contributed by atoms with Crippen molar-refractivity contribution in [3.05, 3.63) is 77.2 Å². The Balaban J connectivity index is 1.55. The summed E-state index contributed by atoms with van der Waals surface area (Å²) < 4.78 is 20.1. The van der Waals surface area contributed by atoms with Gasteiger partial charge in [-0.3, -0.25) is 15.0 Å². The molecule has 1 saturated heterocycles. The highest BCUT2D eigenvalue weighted by Crippen LogP contribution is 2.26. The number of halogens is 2. The molecule has 1 unspecified atom stereocenters. The van der Waals surface area contributed by atoms with Gasteiger partial charge in [-0.2, -0.15) is 5.10 Å². The normalized spacial score (nSPS) is 15.4. The van der Waals surface area contributed by atoms with E-state index in [9.17, 15) is 18.8 Å². The van der Waals surface area contributed by atoms with Crippen LogP contribution >= 0.6 is 11.6 Å². The molecule has 1 atom stereocenters. The van der Waals surface area contributed by atoms with E-state index in [1.165, 1.54) is 29.3 Å². The molecule has 1 aliphatic rings. The molecule has 3 N–H and O–H groups in total. The number of aliphatic carboxylic acids is 1. The Morgan fingerprint density at radius 3 is 2.64 bits per heavy atom. The standard InChI is InChI=1S/C23H20ClFN6O5/c24-15-5-3-14(4-6-15)13-31-21(28-22(34)30(23(31)35)11-9-20(32)33)27-16-7-8-18(17(25)12-16)36-19-2-1-10-26-29-19/h1-8,10,12,21,27H,9,11,13H2,(H,28,34)(H,32,33). The number of imide groups is 1. The van der Waals surface area contributed by atoms with E-state index in [1.54, 1.807) is 30.3 Å². The fraction of sp³-hybridized carbons (Fsp3) is 0.174. The van der Waals surface area contributed by atoms with Crippen LogP contribution in [0, 0.1) is 5.82 Å². The van der Waals surface area contributed by atoms with Crippen molar-refractivity contribution in [2.24, 2.45) is 0 Å². The van der Waals surface area contributed by atoms with Crippen LogP contribution in [-0.2, 0) is 11.3 Å². The van der Waals surface area contributed by atoms with Crippen molar-refractivity contribution in [3.63, 3.8) is 0 Å². The molecule has 0 spiro atoms. The summed E-state index contributed by atoms with van der Waals surface area (Å²) in [6, 6.07) is 12.3. The second kappa shape index (κ2) is 10.9. The first-order valence-electron chi connectivity index (χ1n) is 10.7. The van der Waals surface area contributed by atoms with E-state index in [0.717, 1.165) is 11.0 Å². The minimum absolute atomic E-state index is 0.0495. The second-order valence-electron chi connectivity index (χ2n) is 7.64. The largest absolute Gasteiger partial charge is 0.481 e. The van der Waals surface area contributed by atoms with E-state index < -0.39 is 36.6 Å². The number of nitrogens with one attached hydrogen (secondary N) is 2. The molecule has 11 nitrogen and oxygen atoms in total. The lowest BCUT2D eigenvalue weighted by molar-refractivity contribution is -0.137. The van der Waals surface area contributed by atoms with Gasteiger partial charge >= 0.3 is 18.0 Å². The number of carboxylic acids is 1. The molecule has 1 fully saturated rings. The van der Waals surface area contributed by atoms with Gasteiger partial charge in [-0.25, -0.2) is 18.9 Å². The molecule has 3 aromatic rings. The van der Waals surface area contributed by atoms with Gasteiger partial charge in [-0.15, -0.1) is 5.10 Å². The number of nitrogens with zero attached hydrogens (tertiary/aromatic N) is 4. The Hall–Kier alpha value is -4.45. The Morgan fingerprint density at radius 2 is 1.97 bits per heavy atom. The van der Waals surface area contributed by atoms with Crippen LogP contribution in [0.1, 0.15) is 12.0 Å². The number of hydrogen-bond donors (Lipinski definition) is 3. The van der Waals surface area contributed by atoms with Gasteiger partial charge < -0.3 is 15.2 Å². The summed E-state index contributed by atoms with van der Waals surface area (Å²) in [6.07, 6.45) is -0.0214. The number of carboxylic acid groups (broad SMARTS) is 1. The maximum Gasteiger partial charge on any atom is 0.331 e. The summed E-state index contributed by atoms with van der Waals surface area (Å²) in [4.78, 5) is 38.8. The Morgan fingerprint density at radius 1 is 1.19 bits per heavy atom. The third-order valence-electron chi connectivity index (χ3n) is 5.11. The van der Waals surface area contributed by atoms with Crippen LogP contribution in [0.2, 0.25) is 5.02 Å². The monoisotopic (exact) mass is 514 g/mol. The number of anilines is 1. The van der Waals surface area contributed by atoms with Gasteiger partial charge in [-0.1, -0.05) is 23.7 Å². The van der Waals surface area contributed by atoms with Crippen molar-refractivity contribution in [2.45, 2.75) is 19.3 Å². The molecular weight excluding hydrogens is 495 g/mol. The van der Waals surface area contributed by atoms with Crippen LogP contribution < -0.4 is 15.4 Å². The van der Waals surface area contributed by atoms with E-state index in [1.807, 2.05) is 0 Å². The predicted molar refractivity (Wildman–Crippen MR) is 126 cm³/mol. The number of hydrogen-bond acceptors (Lipinski definition) is 7. The van der Waals surface area contributed by atoms with Gasteiger partial charge in [0.05, 0.1) is 13.0 Å². The minimum Gasteiger partial charge on any atom is -0.481 e. The molecule has 36 heavy (non-hydrogen) atoms. The molecule has 4 amide bonds. The number of urea groups is 2. The fourth-order valence-corrected chi connectivity index (χ4v) is 3.50. The number of benzene rings is 2. The van der Waals surface area contributed by atoms with Crippen LogP contribution in [0.4, 0.5) is 19.7 Å². The number of carbonyl (C=O) groups excluding carboxylic acids is 2. The molecule has 1 aromatic heterocycles. The number of amides is 4. The van der Waals surface area contributed by atoms with Crippen molar-refractivity contribution in [1.29, 1.82) is 0 Å². The molecule has 13 heteroatoms. The lowest BCUT2D eigenvalue weighted by Gasteiger charge is -2.41. The van der Waals surface area contributed by atoms with Crippen LogP contribution in [0.5, 0.6) is 11.6 Å². The van der Waals surface area contributed by atoms with Crippen molar-refractivity contribution >= 4 is 35.3 Å². The first-order chi connectivity index (χ1) is 17.3. The van der Waals surface area contributed by atoms with Gasteiger partial charge in [0.15, 0.2) is 17.9 Å². The van der Waals surface area contributed by atoms with Crippen molar-refractivity contribution in [3.8, 4) is 11.6 Å².